The highest BCUT2D eigenvalue weighted by molar-refractivity contribution is 5.82. The highest BCUT2D eigenvalue weighted by Gasteiger charge is 2.53. The number of hydrogen-bond donors (Lipinski definition) is 1. The minimum Gasteiger partial charge on any atom is -0.491 e. The molecule has 4 heteroatoms. The fraction of sp³-hybridized carbons (Fsp3) is 0.588. The van der Waals surface area contributed by atoms with Crippen LogP contribution in [0.3, 0.4) is 0 Å². The first-order chi connectivity index (χ1) is 10.1. The summed E-state index contributed by atoms with van der Waals surface area (Å²) in [7, 11) is 0. The Hall–Kier alpha value is -1.55. The Morgan fingerprint density at radius 3 is 2.52 bits per heavy atom. The van der Waals surface area contributed by atoms with Crippen LogP contribution in [0.2, 0.25) is 0 Å². The second-order valence-corrected chi connectivity index (χ2v) is 5.87. The van der Waals surface area contributed by atoms with E-state index in [1.807, 2.05) is 51.1 Å². The minimum atomic E-state index is -0.736. The van der Waals surface area contributed by atoms with Crippen LogP contribution in [-0.4, -0.2) is 30.8 Å². The van der Waals surface area contributed by atoms with Gasteiger partial charge in [-0.15, -0.1) is 0 Å². The molecule has 1 unspecified atom stereocenters. The van der Waals surface area contributed by atoms with Crippen molar-refractivity contribution in [2.24, 2.45) is 5.92 Å². The molecule has 1 atom stereocenters. The van der Waals surface area contributed by atoms with Crippen molar-refractivity contribution < 1.29 is 14.3 Å². The molecule has 0 heterocycles. The van der Waals surface area contributed by atoms with Crippen molar-refractivity contribution >= 4 is 5.97 Å². The zero-order valence-corrected chi connectivity index (χ0v) is 13.1. The average molecular weight is 291 g/mol. The van der Waals surface area contributed by atoms with Crippen LogP contribution in [-0.2, 0) is 9.53 Å². The van der Waals surface area contributed by atoms with Crippen molar-refractivity contribution in [1.29, 1.82) is 0 Å². The molecule has 116 valence electrons. The molecule has 0 radical (unpaired) electrons. The molecule has 21 heavy (non-hydrogen) atoms. The van der Waals surface area contributed by atoms with Crippen molar-refractivity contribution in [3.63, 3.8) is 0 Å². The van der Waals surface area contributed by atoms with Gasteiger partial charge in [-0.2, -0.15) is 0 Å². The largest absolute Gasteiger partial charge is 0.491 e. The summed E-state index contributed by atoms with van der Waals surface area (Å²) in [6.07, 6.45) is 2.08. The molecule has 0 aliphatic heterocycles. The molecule has 1 aliphatic carbocycles. The maximum absolute atomic E-state index is 12.5. The summed E-state index contributed by atoms with van der Waals surface area (Å²) in [6, 6.07) is 9.78. The quantitative estimate of drug-likeness (QED) is 0.748. The number of benzene rings is 1. The van der Waals surface area contributed by atoms with Crippen LogP contribution in [0.15, 0.2) is 30.3 Å². The molecule has 0 aromatic heterocycles. The van der Waals surface area contributed by atoms with E-state index < -0.39 is 5.54 Å². The van der Waals surface area contributed by atoms with Crippen molar-refractivity contribution in [2.45, 2.75) is 45.2 Å². The molecule has 0 amide bonds. The first-order valence-electron chi connectivity index (χ1n) is 7.71. The zero-order chi connectivity index (χ0) is 15.3. The molecular weight excluding hydrogens is 266 g/mol. The highest BCUT2D eigenvalue weighted by atomic mass is 16.5. The number of esters is 1. The molecule has 4 nitrogen and oxygen atoms in total. The van der Waals surface area contributed by atoms with Gasteiger partial charge in [0, 0.05) is 6.04 Å². The molecule has 1 fully saturated rings. The van der Waals surface area contributed by atoms with Crippen LogP contribution < -0.4 is 10.1 Å². The Labute approximate surface area is 126 Å². The smallest absolute Gasteiger partial charge is 0.330 e. The normalized spacial score (nSPS) is 17.3. The molecule has 2 rings (SSSR count). The summed E-state index contributed by atoms with van der Waals surface area (Å²) in [6.45, 7) is 6.61. The average Bonchev–Trinajstić information content (AvgIpc) is 3.29. The van der Waals surface area contributed by atoms with E-state index in [1.54, 1.807) is 0 Å². The topological polar surface area (TPSA) is 47.6 Å². The standard InChI is InChI=1S/C17H25NO3/c1-4-20-16(19)17(14-10-11-14,18-13(2)3)12-21-15-8-6-5-7-9-15/h5-9,13-14,18H,4,10-12H2,1-3H3. The van der Waals surface area contributed by atoms with E-state index in [9.17, 15) is 4.79 Å². The maximum atomic E-state index is 12.5. The predicted octanol–water partition coefficient (Wildman–Crippen LogP) is 2.78. The van der Waals surface area contributed by atoms with Gasteiger partial charge in [-0.25, -0.2) is 4.79 Å². The zero-order valence-electron chi connectivity index (χ0n) is 13.1. The fourth-order valence-corrected chi connectivity index (χ4v) is 2.63. The minimum absolute atomic E-state index is 0.189. The van der Waals surface area contributed by atoms with Crippen LogP contribution in [0, 0.1) is 5.92 Å². The van der Waals surface area contributed by atoms with Gasteiger partial charge in [0.15, 0.2) is 5.54 Å². The van der Waals surface area contributed by atoms with Crippen LogP contribution in [0.25, 0.3) is 0 Å². The summed E-state index contributed by atoms with van der Waals surface area (Å²) >= 11 is 0. The first-order valence-corrected chi connectivity index (χ1v) is 7.71. The fourth-order valence-electron chi connectivity index (χ4n) is 2.63. The molecule has 1 aromatic rings. The van der Waals surface area contributed by atoms with Crippen LogP contribution in [0.5, 0.6) is 5.75 Å². The molecule has 0 bridgehead atoms. The number of carbonyl (C=O) groups is 1. The van der Waals surface area contributed by atoms with Crippen molar-refractivity contribution in [1.82, 2.24) is 5.32 Å². The number of para-hydroxylation sites is 1. The van der Waals surface area contributed by atoms with Crippen LogP contribution in [0.1, 0.15) is 33.6 Å². The van der Waals surface area contributed by atoms with Gasteiger partial charge in [0.1, 0.15) is 12.4 Å². The SMILES string of the molecule is CCOC(=O)C(COc1ccccc1)(NC(C)C)C1CC1. The Kier molecular flexibility index (Phi) is 5.23. The molecule has 1 aliphatic rings. The molecule has 1 aromatic carbocycles. The summed E-state index contributed by atoms with van der Waals surface area (Å²) in [5.74, 6) is 0.872. The van der Waals surface area contributed by atoms with E-state index in [-0.39, 0.29) is 12.0 Å². The van der Waals surface area contributed by atoms with E-state index in [1.165, 1.54) is 0 Å². The van der Waals surface area contributed by atoms with Gasteiger partial charge < -0.3 is 9.47 Å². The highest BCUT2D eigenvalue weighted by Crippen LogP contribution is 2.41. The van der Waals surface area contributed by atoms with Crippen molar-refractivity contribution in [3.8, 4) is 5.75 Å². The number of hydrogen-bond acceptors (Lipinski definition) is 4. The third-order valence-electron chi connectivity index (χ3n) is 3.67. The third kappa shape index (κ3) is 3.97. The molecule has 0 saturated heterocycles. The summed E-state index contributed by atoms with van der Waals surface area (Å²) in [5.41, 5.74) is -0.736. The maximum Gasteiger partial charge on any atom is 0.330 e. The number of ether oxygens (including phenoxy) is 2. The molecular formula is C17H25NO3. The molecule has 0 spiro atoms. The van der Waals surface area contributed by atoms with E-state index in [0.29, 0.717) is 19.1 Å². The molecule has 1 N–H and O–H groups in total. The lowest BCUT2D eigenvalue weighted by atomic mass is 9.93. The number of rotatable bonds is 8. The summed E-state index contributed by atoms with van der Waals surface area (Å²) in [4.78, 5) is 12.5. The van der Waals surface area contributed by atoms with Gasteiger partial charge in [-0.1, -0.05) is 18.2 Å². The number of carbonyl (C=O) groups excluding carboxylic acids is 1. The van der Waals surface area contributed by atoms with Crippen LogP contribution >= 0.6 is 0 Å². The van der Waals surface area contributed by atoms with Crippen molar-refractivity contribution in [3.05, 3.63) is 30.3 Å². The molecule has 1 saturated carbocycles. The van der Waals surface area contributed by atoms with Crippen LogP contribution in [0.4, 0.5) is 0 Å². The van der Waals surface area contributed by atoms with Gasteiger partial charge in [-0.3, -0.25) is 5.32 Å². The van der Waals surface area contributed by atoms with E-state index in [0.717, 1.165) is 18.6 Å². The summed E-state index contributed by atoms with van der Waals surface area (Å²) in [5, 5.41) is 3.41. The first kappa shape index (κ1) is 15.8. The van der Waals surface area contributed by atoms with E-state index in [4.69, 9.17) is 9.47 Å². The summed E-state index contributed by atoms with van der Waals surface area (Å²) < 4.78 is 11.2. The third-order valence-corrected chi connectivity index (χ3v) is 3.67. The Bertz CT molecular complexity index is 456. The van der Waals surface area contributed by atoms with Gasteiger partial charge >= 0.3 is 5.97 Å². The second-order valence-electron chi connectivity index (χ2n) is 5.87. The lowest BCUT2D eigenvalue weighted by Crippen LogP contribution is -2.61. The van der Waals surface area contributed by atoms with Gasteiger partial charge in [0.25, 0.3) is 0 Å². The monoisotopic (exact) mass is 291 g/mol. The Morgan fingerprint density at radius 2 is 2.00 bits per heavy atom. The second kappa shape index (κ2) is 6.94. The Balaban J connectivity index is 2.15. The number of nitrogens with one attached hydrogen (secondary N) is 1. The van der Waals surface area contributed by atoms with E-state index in [2.05, 4.69) is 5.32 Å². The van der Waals surface area contributed by atoms with Crippen molar-refractivity contribution in [2.75, 3.05) is 13.2 Å². The Morgan fingerprint density at radius 1 is 1.33 bits per heavy atom. The van der Waals surface area contributed by atoms with E-state index >= 15 is 0 Å². The lowest BCUT2D eigenvalue weighted by Gasteiger charge is -2.34. The lowest BCUT2D eigenvalue weighted by molar-refractivity contribution is -0.154. The van der Waals surface area contributed by atoms with Gasteiger partial charge in [0.05, 0.1) is 6.61 Å². The predicted molar refractivity (Wildman–Crippen MR) is 82.3 cm³/mol. The van der Waals surface area contributed by atoms with Gasteiger partial charge in [-0.05, 0) is 51.7 Å². The van der Waals surface area contributed by atoms with Gasteiger partial charge in [0.2, 0.25) is 0 Å².